The Bertz CT molecular complexity index is 655. The number of hydrogen-bond acceptors (Lipinski definition) is 0. The number of halogens is 2. The molecule has 0 fully saturated rings. The topological polar surface area (TPSA) is 15.8 Å². The highest BCUT2D eigenvalue weighted by Gasteiger charge is 2.05. The third kappa shape index (κ3) is 1.81. The smallest absolute Gasteiger partial charge is 0.141 e. The maximum Gasteiger partial charge on any atom is 0.141 e. The Balaban J connectivity index is 2.17. The zero-order valence-electron chi connectivity index (χ0n) is 8.87. The summed E-state index contributed by atoms with van der Waals surface area (Å²) in [4.78, 5) is 3.28. The summed E-state index contributed by atoms with van der Waals surface area (Å²) >= 11 is 5.77. The van der Waals surface area contributed by atoms with E-state index in [1.165, 1.54) is 6.07 Å². The van der Waals surface area contributed by atoms with Crippen molar-refractivity contribution in [3.63, 3.8) is 0 Å². The molecular formula is C14H9ClFN. The Kier molecular flexibility index (Phi) is 2.37. The first-order valence-corrected chi connectivity index (χ1v) is 5.65. The molecule has 1 N–H and O–H groups in total. The average Bonchev–Trinajstić information content (AvgIpc) is 2.76. The third-order valence-electron chi connectivity index (χ3n) is 2.76. The summed E-state index contributed by atoms with van der Waals surface area (Å²) in [5, 5.41) is 1.27. The van der Waals surface area contributed by atoms with Gasteiger partial charge in [-0.15, -0.1) is 0 Å². The minimum Gasteiger partial charge on any atom is -0.355 e. The highest BCUT2D eigenvalue weighted by Crippen LogP contribution is 2.27. The van der Waals surface area contributed by atoms with Gasteiger partial charge in [-0.25, -0.2) is 4.39 Å². The first-order chi connectivity index (χ1) is 8.24. The largest absolute Gasteiger partial charge is 0.355 e. The number of nitrogens with one attached hydrogen (secondary N) is 1. The Morgan fingerprint density at radius 1 is 1.00 bits per heavy atom. The molecule has 0 spiro atoms. The van der Waals surface area contributed by atoms with Gasteiger partial charge in [0.2, 0.25) is 0 Å². The molecule has 0 radical (unpaired) electrons. The molecule has 1 heterocycles. The van der Waals surface area contributed by atoms with Gasteiger partial charge in [0, 0.05) is 16.6 Å². The highest BCUT2D eigenvalue weighted by atomic mass is 35.5. The number of aromatic amines is 1. The first kappa shape index (κ1) is 10.4. The lowest BCUT2D eigenvalue weighted by Crippen LogP contribution is -1.80. The third-order valence-corrected chi connectivity index (χ3v) is 3.05. The molecule has 0 aliphatic carbocycles. The van der Waals surface area contributed by atoms with Crippen LogP contribution in [0.5, 0.6) is 0 Å². The SMILES string of the molecule is Fc1ccc(-c2cc3ccccc3[nH]2)cc1Cl. The molecule has 0 saturated heterocycles. The molecule has 0 unspecified atom stereocenters. The number of benzene rings is 2. The first-order valence-electron chi connectivity index (χ1n) is 5.27. The number of aromatic nitrogens is 1. The van der Waals surface area contributed by atoms with Gasteiger partial charge in [0.15, 0.2) is 0 Å². The lowest BCUT2D eigenvalue weighted by molar-refractivity contribution is 0.628. The normalized spacial score (nSPS) is 10.9. The van der Waals surface area contributed by atoms with E-state index in [2.05, 4.69) is 4.98 Å². The van der Waals surface area contributed by atoms with Gasteiger partial charge in [-0.3, -0.25) is 0 Å². The van der Waals surface area contributed by atoms with Gasteiger partial charge in [-0.1, -0.05) is 29.8 Å². The summed E-state index contributed by atoms with van der Waals surface area (Å²) in [5.74, 6) is -0.397. The average molecular weight is 246 g/mol. The van der Waals surface area contributed by atoms with Gasteiger partial charge < -0.3 is 4.98 Å². The Hall–Kier alpha value is -1.80. The molecule has 0 amide bonds. The van der Waals surface area contributed by atoms with Crippen LogP contribution in [0.25, 0.3) is 22.2 Å². The van der Waals surface area contributed by atoms with E-state index in [0.29, 0.717) is 0 Å². The Morgan fingerprint density at radius 2 is 1.82 bits per heavy atom. The molecule has 3 rings (SSSR count). The van der Waals surface area contributed by atoms with E-state index in [-0.39, 0.29) is 5.02 Å². The quantitative estimate of drug-likeness (QED) is 0.644. The van der Waals surface area contributed by atoms with Gasteiger partial charge in [-0.05, 0) is 35.9 Å². The molecule has 0 aliphatic rings. The van der Waals surface area contributed by atoms with Crippen molar-refractivity contribution in [2.75, 3.05) is 0 Å². The zero-order valence-corrected chi connectivity index (χ0v) is 9.63. The molecule has 0 atom stereocenters. The Labute approximate surface area is 103 Å². The second kappa shape index (κ2) is 3.90. The maximum atomic E-state index is 13.1. The van der Waals surface area contributed by atoms with Crippen LogP contribution in [0.15, 0.2) is 48.5 Å². The van der Waals surface area contributed by atoms with E-state index in [1.807, 2.05) is 30.3 Å². The Morgan fingerprint density at radius 3 is 2.59 bits per heavy atom. The summed E-state index contributed by atoms with van der Waals surface area (Å²) in [6, 6.07) is 14.7. The van der Waals surface area contributed by atoms with Crippen molar-refractivity contribution < 1.29 is 4.39 Å². The van der Waals surface area contributed by atoms with Crippen LogP contribution in [-0.2, 0) is 0 Å². The molecule has 0 saturated carbocycles. The fraction of sp³-hybridized carbons (Fsp3) is 0. The second-order valence-corrected chi connectivity index (χ2v) is 4.31. The molecule has 2 aromatic carbocycles. The van der Waals surface area contributed by atoms with Crippen LogP contribution in [0.3, 0.4) is 0 Å². The molecule has 84 valence electrons. The van der Waals surface area contributed by atoms with Crippen LogP contribution in [0.2, 0.25) is 5.02 Å². The number of rotatable bonds is 1. The van der Waals surface area contributed by atoms with E-state index in [9.17, 15) is 4.39 Å². The maximum absolute atomic E-state index is 13.1. The lowest BCUT2D eigenvalue weighted by Gasteiger charge is -1.99. The van der Waals surface area contributed by atoms with Crippen molar-refractivity contribution in [1.29, 1.82) is 0 Å². The van der Waals surface area contributed by atoms with Crippen LogP contribution in [0, 0.1) is 5.82 Å². The predicted octanol–water partition coefficient (Wildman–Crippen LogP) is 4.63. The summed E-state index contributed by atoms with van der Waals surface area (Å²) in [6.07, 6.45) is 0. The van der Waals surface area contributed by atoms with Crippen molar-refractivity contribution in [3.05, 3.63) is 59.4 Å². The molecule has 1 aromatic heterocycles. The minimum absolute atomic E-state index is 0.140. The predicted molar refractivity (Wildman–Crippen MR) is 68.7 cm³/mol. The molecule has 1 nitrogen and oxygen atoms in total. The van der Waals surface area contributed by atoms with Crippen LogP contribution < -0.4 is 0 Å². The second-order valence-electron chi connectivity index (χ2n) is 3.90. The minimum atomic E-state index is -0.397. The molecular weight excluding hydrogens is 237 g/mol. The van der Waals surface area contributed by atoms with Gasteiger partial charge in [0.1, 0.15) is 5.82 Å². The van der Waals surface area contributed by atoms with E-state index in [1.54, 1.807) is 12.1 Å². The molecule has 3 heteroatoms. The van der Waals surface area contributed by atoms with Crippen molar-refractivity contribution >= 4 is 22.5 Å². The summed E-state index contributed by atoms with van der Waals surface area (Å²) in [6.45, 7) is 0. The van der Waals surface area contributed by atoms with Gasteiger partial charge in [0.05, 0.1) is 5.02 Å². The van der Waals surface area contributed by atoms with Crippen LogP contribution in [-0.4, -0.2) is 4.98 Å². The van der Waals surface area contributed by atoms with E-state index < -0.39 is 5.82 Å². The summed E-state index contributed by atoms with van der Waals surface area (Å²) in [5.41, 5.74) is 2.88. The van der Waals surface area contributed by atoms with Crippen molar-refractivity contribution in [2.24, 2.45) is 0 Å². The lowest BCUT2D eigenvalue weighted by atomic mass is 10.1. The van der Waals surface area contributed by atoms with Crippen molar-refractivity contribution in [1.82, 2.24) is 4.98 Å². The van der Waals surface area contributed by atoms with E-state index in [4.69, 9.17) is 11.6 Å². The fourth-order valence-electron chi connectivity index (χ4n) is 1.89. The van der Waals surface area contributed by atoms with Crippen LogP contribution in [0.4, 0.5) is 4.39 Å². The fourth-order valence-corrected chi connectivity index (χ4v) is 2.07. The number of H-pyrrole nitrogens is 1. The molecule has 3 aromatic rings. The number of fused-ring (bicyclic) bond motifs is 1. The van der Waals surface area contributed by atoms with E-state index >= 15 is 0 Å². The van der Waals surface area contributed by atoms with Crippen molar-refractivity contribution in [3.8, 4) is 11.3 Å². The molecule has 0 aliphatic heterocycles. The van der Waals surface area contributed by atoms with Crippen LogP contribution >= 0.6 is 11.6 Å². The monoisotopic (exact) mass is 245 g/mol. The molecule has 0 bridgehead atoms. The zero-order chi connectivity index (χ0) is 11.8. The summed E-state index contributed by atoms with van der Waals surface area (Å²) in [7, 11) is 0. The van der Waals surface area contributed by atoms with Crippen LogP contribution in [0.1, 0.15) is 0 Å². The standard InChI is InChI=1S/C14H9ClFN/c15-11-7-10(5-6-12(11)16)14-8-9-3-1-2-4-13(9)17-14/h1-8,17H. The summed E-state index contributed by atoms with van der Waals surface area (Å²) < 4.78 is 13.1. The van der Waals surface area contributed by atoms with Crippen molar-refractivity contribution in [2.45, 2.75) is 0 Å². The van der Waals surface area contributed by atoms with E-state index in [0.717, 1.165) is 22.2 Å². The van der Waals surface area contributed by atoms with Gasteiger partial charge >= 0.3 is 0 Å². The number of para-hydroxylation sites is 1. The van der Waals surface area contributed by atoms with Gasteiger partial charge in [-0.2, -0.15) is 0 Å². The highest BCUT2D eigenvalue weighted by molar-refractivity contribution is 6.31. The number of hydrogen-bond donors (Lipinski definition) is 1. The van der Waals surface area contributed by atoms with Gasteiger partial charge in [0.25, 0.3) is 0 Å². The molecule has 17 heavy (non-hydrogen) atoms.